The number of hydrogen-bond acceptors (Lipinski definition) is 2. The van der Waals surface area contributed by atoms with Gasteiger partial charge >= 0.3 is 0 Å². The Morgan fingerprint density at radius 2 is 2.00 bits per heavy atom. The molecule has 4 heteroatoms. The predicted octanol–water partition coefficient (Wildman–Crippen LogP) is 4.23. The Hall–Kier alpha value is -2.80. The van der Waals surface area contributed by atoms with E-state index in [-0.39, 0.29) is 5.57 Å². The van der Waals surface area contributed by atoms with Crippen LogP contribution in [0.1, 0.15) is 36.6 Å². The molecule has 23 heavy (non-hydrogen) atoms. The number of benzene rings is 1. The van der Waals surface area contributed by atoms with Gasteiger partial charge < -0.3 is 9.88 Å². The molecular weight excluding hydrogens is 286 g/mol. The van der Waals surface area contributed by atoms with E-state index in [0.717, 1.165) is 16.7 Å². The van der Waals surface area contributed by atoms with Gasteiger partial charge in [0.1, 0.15) is 11.6 Å². The normalized spacial score (nSPS) is 11.4. The van der Waals surface area contributed by atoms with Crippen molar-refractivity contribution < 1.29 is 4.79 Å². The smallest absolute Gasteiger partial charge is 0.266 e. The molecule has 1 N–H and O–H groups in total. The molecule has 1 amide bonds. The maximum absolute atomic E-state index is 12.3. The van der Waals surface area contributed by atoms with Crippen molar-refractivity contribution in [2.45, 2.75) is 33.7 Å². The molecule has 0 unspecified atom stereocenters. The monoisotopic (exact) mass is 307 g/mol. The fourth-order valence-corrected chi connectivity index (χ4v) is 2.17. The average Bonchev–Trinajstić information content (AvgIpc) is 2.97. The van der Waals surface area contributed by atoms with E-state index >= 15 is 0 Å². The molecule has 4 nitrogen and oxygen atoms in total. The van der Waals surface area contributed by atoms with Gasteiger partial charge in [0.2, 0.25) is 0 Å². The molecule has 0 aliphatic heterocycles. The first-order chi connectivity index (χ1) is 10.9. The van der Waals surface area contributed by atoms with Crippen molar-refractivity contribution >= 4 is 17.7 Å². The average molecular weight is 307 g/mol. The van der Waals surface area contributed by atoms with Gasteiger partial charge in [0.25, 0.3) is 5.91 Å². The van der Waals surface area contributed by atoms with E-state index < -0.39 is 5.91 Å². The Balaban J connectivity index is 2.19. The summed E-state index contributed by atoms with van der Waals surface area (Å²) in [5.41, 5.74) is 3.88. The van der Waals surface area contributed by atoms with Gasteiger partial charge in [0, 0.05) is 24.1 Å². The first-order valence-corrected chi connectivity index (χ1v) is 7.58. The Labute approximate surface area is 137 Å². The van der Waals surface area contributed by atoms with E-state index in [1.807, 2.05) is 61.1 Å². The zero-order valence-corrected chi connectivity index (χ0v) is 13.9. The molecule has 2 aromatic rings. The molecule has 0 spiro atoms. The lowest BCUT2D eigenvalue weighted by Crippen LogP contribution is -2.13. The third-order valence-corrected chi connectivity index (χ3v) is 3.77. The lowest BCUT2D eigenvalue weighted by Gasteiger charge is -2.07. The van der Waals surface area contributed by atoms with Gasteiger partial charge in [-0.1, -0.05) is 6.07 Å². The number of nitriles is 1. The molecule has 0 saturated carbocycles. The van der Waals surface area contributed by atoms with Crippen LogP contribution in [-0.2, 0) is 4.79 Å². The van der Waals surface area contributed by atoms with Crippen LogP contribution in [-0.4, -0.2) is 10.5 Å². The number of aromatic nitrogens is 1. The van der Waals surface area contributed by atoms with Crippen LogP contribution in [0.5, 0.6) is 0 Å². The SMILES string of the molecule is Cc1ccc(NC(=O)/C(C#N)=C/c2ccn(C(C)C)c2)cc1C. The highest BCUT2D eigenvalue weighted by Crippen LogP contribution is 2.16. The number of hydrogen-bond donors (Lipinski definition) is 1. The molecule has 0 bridgehead atoms. The highest BCUT2D eigenvalue weighted by atomic mass is 16.1. The van der Waals surface area contributed by atoms with Crippen molar-refractivity contribution in [1.29, 1.82) is 5.26 Å². The summed E-state index contributed by atoms with van der Waals surface area (Å²) in [6.45, 7) is 8.15. The lowest BCUT2D eigenvalue weighted by atomic mass is 10.1. The van der Waals surface area contributed by atoms with Crippen LogP contribution < -0.4 is 5.32 Å². The van der Waals surface area contributed by atoms with Crippen LogP contribution in [0, 0.1) is 25.2 Å². The van der Waals surface area contributed by atoms with Crippen LogP contribution in [0.3, 0.4) is 0 Å². The van der Waals surface area contributed by atoms with Gasteiger partial charge in [-0.3, -0.25) is 4.79 Å². The third-order valence-electron chi connectivity index (χ3n) is 3.77. The molecule has 1 heterocycles. The minimum absolute atomic E-state index is 0.0877. The molecule has 0 aliphatic rings. The number of amides is 1. The standard InChI is InChI=1S/C19H21N3O/c1-13(2)22-8-7-16(12-22)10-17(11-20)19(23)21-18-6-5-14(3)15(4)9-18/h5-10,12-13H,1-4H3,(H,21,23)/b17-10+. The lowest BCUT2D eigenvalue weighted by molar-refractivity contribution is -0.112. The van der Waals surface area contributed by atoms with Crippen molar-refractivity contribution in [2.75, 3.05) is 5.32 Å². The zero-order chi connectivity index (χ0) is 17.0. The molecule has 2 rings (SSSR count). The number of rotatable bonds is 4. The molecule has 0 aliphatic carbocycles. The van der Waals surface area contributed by atoms with Crippen molar-refractivity contribution in [3.05, 3.63) is 58.9 Å². The third kappa shape index (κ3) is 4.10. The Kier molecular flexibility index (Phi) is 5.02. The van der Waals surface area contributed by atoms with Gasteiger partial charge in [-0.05, 0) is 68.7 Å². The first-order valence-electron chi connectivity index (χ1n) is 7.58. The van der Waals surface area contributed by atoms with Crippen LogP contribution >= 0.6 is 0 Å². The molecule has 1 aromatic heterocycles. The van der Waals surface area contributed by atoms with Gasteiger partial charge in [0.05, 0.1) is 0 Å². The number of anilines is 1. The second kappa shape index (κ2) is 6.97. The summed E-state index contributed by atoms with van der Waals surface area (Å²) in [6, 6.07) is 9.89. The highest BCUT2D eigenvalue weighted by molar-refractivity contribution is 6.09. The van der Waals surface area contributed by atoms with Crippen molar-refractivity contribution in [3.63, 3.8) is 0 Å². The summed E-state index contributed by atoms with van der Waals surface area (Å²) < 4.78 is 2.03. The van der Waals surface area contributed by atoms with Crippen LogP contribution in [0.4, 0.5) is 5.69 Å². The number of nitrogens with zero attached hydrogens (tertiary/aromatic N) is 2. The van der Waals surface area contributed by atoms with E-state index in [9.17, 15) is 10.1 Å². The maximum Gasteiger partial charge on any atom is 0.266 e. The van der Waals surface area contributed by atoms with Gasteiger partial charge in [-0.25, -0.2) is 0 Å². The van der Waals surface area contributed by atoms with E-state index in [2.05, 4.69) is 19.2 Å². The molecule has 0 saturated heterocycles. The van der Waals surface area contributed by atoms with E-state index in [4.69, 9.17) is 0 Å². The topological polar surface area (TPSA) is 57.8 Å². The fraction of sp³-hybridized carbons (Fsp3) is 0.263. The van der Waals surface area contributed by atoms with Crippen molar-refractivity contribution in [2.24, 2.45) is 0 Å². The predicted molar refractivity (Wildman–Crippen MR) is 93.0 cm³/mol. The van der Waals surface area contributed by atoms with E-state index in [0.29, 0.717) is 11.7 Å². The van der Waals surface area contributed by atoms with E-state index in [1.165, 1.54) is 0 Å². The highest BCUT2D eigenvalue weighted by Gasteiger charge is 2.10. The first kappa shape index (κ1) is 16.6. The second-order valence-corrected chi connectivity index (χ2v) is 5.91. The molecule has 118 valence electrons. The summed E-state index contributed by atoms with van der Waals surface area (Å²) in [5.74, 6) is -0.395. The van der Waals surface area contributed by atoms with Gasteiger partial charge in [-0.15, -0.1) is 0 Å². The maximum atomic E-state index is 12.3. The number of carbonyl (C=O) groups is 1. The molecular formula is C19H21N3O. The molecule has 1 aromatic carbocycles. The summed E-state index contributed by atoms with van der Waals surface area (Å²) >= 11 is 0. The summed E-state index contributed by atoms with van der Waals surface area (Å²) in [6.07, 6.45) is 5.47. The number of aryl methyl sites for hydroxylation is 2. The summed E-state index contributed by atoms with van der Waals surface area (Å²) in [4.78, 5) is 12.3. The Bertz CT molecular complexity index is 791. The van der Waals surface area contributed by atoms with Crippen LogP contribution in [0.2, 0.25) is 0 Å². The molecule has 0 radical (unpaired) electrons. The van der Waals surface area contributed by atoms with Crippen LogP contribution in [0.15, 0.2) is 42.2 Å². The quantitative estimate of drug-likeness (QED) is 0.678. The minimum Gasteiger partial charge on any atom is -0.351 e. The van der Waals surface area contributed by atoms with Crippen molar-refractivity contribution in [3.8, 4) is 6.07 Å². The van der Waals surface area contributed by atoms with Gasteiger partial charge in [-0.2, -0.15) is 5.26 Å². The zero-order valence-electron chi connectivity index (χ0n) is 13.9. The minimum atomic E-state index is -0.395. The molecule has 0 atom stereocenters. The summed E-state index contributed by atoms with van der Waals surface area (Å²) in [7, 11) is 0. The largest absolute Gasteiger partial charge is 0.351 e. The van der Waals surface area contributed by atoms with Crippen molar-refractivity contribution in [1.82, 2.24) is 4.57 Å². The Morgan fingerprint density at radius 3 is 2.57 bits per heavy atom. The van der Waals surface area contributed by atoms with Gasteiger partial charge in [0.15, 0.2) is 0 Å². The Morgan fingerprint density at radius 1 is 1.26 bits per heavy atom. The second-order valence-electron chi connectivity index (χ2n) is 5.91. The summed E-state index contributed by atoms with van der Waals surface area (Å²) in [5, 5.41) is 12.0. The number of carbonyl (C=O) groups excluding carboxylic acids is 1. The number of nitrogens with one attached hydrogen (secondary N) is 1. The molecule has 0 fully saturated rings. The fourth-order valence-electron chi connectivity index (χ4n) is 2.17. The van der Waals surface area contributed by atoms with Crippen LogP contribution in [0.25, 0.3) is 6.08 Å². The van der Waals surface area contributed by atoms with E-state index in [1.54, 1.807) is 6.08 Å².